The van der Waals surface area contributed by atoms with E-state index < -0.39 is 74.5 Å². The Kier molecular flexibility index (Phi) is 6.49. The lowest BCUT2D eigenvalue weighted by Crippen LogP contribution is -2.50. The number of carbonyl (C=O) groups is 1. The number of amides is 1. The molecule has 0 atom stereocenters. The van der Waals surface area contributed by atoms with E-state index in [-0.39, 0.29) is 6.07 Å². The number of hydrogen-bond acceptors (Lipinski definition) is 2. The van der Waals surface area contributed by atoms with Gasteiger partial charge >= 0.3 is 24.2 Å². The highest BCUT2D eigenvalue weighted by Crippen LogP contribution is 2.55. The van der Waals surface area contributed by atoms with Crippen molar-refractivity contribution in [2.45, 2.75) is 24.2 Å². The molecule has 2 rings (SSSR count). The monoisotopic (exact) mass is 544 g/mol. The molecule has 0 spiro atoms. The second kappa shape index (κ2) is 8.08. The van der Waals surface area contributed by atoms with E-state index in [0.29, 0.717) is 0 Å². The Morgan fingerprint density at radius 1 is 0.906 bits per heavy atom. The molecule has 0 heterocycles. The second-order valence-electron chi connectivity index (χ2n) is 6.20. The highest BCUT2D eigenvalue weighted by atomic mass is 79.9. The number of carbonyl (C=O) groups excluding carboxylic acids is 1. The molecule has 0 aliphatic heterocycles. The smallest absolute Gasteiger partial charge is 0.396 e. The Labute approximate surface area is 179 Å². The molecule has 0 bridgehead atoms. The summed E-state index contributed by atoms with van der Waals surface area (Å²) < 4.78 is 145. The maximum atomic E-state index is 14.3. The van der Waals surface area contributed by atoms with Gasteiger partial charge in [-0.25, -0.2) is 8.78 Å². The van der Waals surface area contributed by atoms with Crippen molar-refractivity contribution >= 4 is 33.2 Å². The first kappa shape index (κ1) is 25.7. The van der Waals surface area contributed by atoms with Crippen molar-refractivity contribution in [1.29, 1.82) is 0 Å². The van der Waals surface area contributed by atoms with Crippen LogP contribution in [-0.4, -0.2) is 18.3 Å². The number of nitrogens with one attached hydrogen (secondary N) is 1. The Morgan fingerprint density at radius 2 is 1.44 bits per heavy atom. The van der Waals surface area contributed by atoms with Gasteiger partial charge in [-0.3, -0.25) is 4.79 Å². The SMILES string of the molecule is Nc1cccc(C(=O)Nc2c(Br)cc(C(F)(C(F)(F)F)C(F)(F)F)cc2C(F)(F)F)c1F. The summed E-state index contributed by atoms with van der Waals surface area (Å²) in [4.78, 5) is 12.2. The van der Waals surface area contributed by atoms with Crippen molar-refractivity contribution < 1.29 is 53.1 Å². The highest BCUT2D eigenvalue weighted by molar-refractivity contribution is 9.10. The van der Waals surface area contributed by atoms with Crippen LogP contribution in [0.15, 0.2) is 34.8 Å². The molecule has 0 fully saturated rings. The number of benzene rings is 2. The van der Waals surface area contributed by atoms with E-state index in [0.717, 1.165) is 18.2 Å². The summed E-state index contributed by atoms with van der Waals surface area (Å²) in [5.74, 6) is -2.91. The van der Waals surface area contributed by atoms with Gasteiger partial charge in [-0.05, 0) is 40.2 Å². The molecule has 0 saturated carbocycles. The van der Waals surface area contributed by atoms with Gasteiger partial charge in [0.1, 0.15) is 0 Å². The maximum absolute atomic E-state index is 14.3. The van der Waals surface area contributed by atoms with E-state index >= 15 is 0 Å². The lowest BCUT2D eigenvalue weighted by Gasteiger charge is -2.31. The summed E-state index contributed by atoms with van der Waals surface area (Å²) >= 11 is 2.32. The van der Waals surface area contributed by atoms with Crippen LogP contribution in [0.1, 0.15) is 21.5 Å². The Hall–Kier alpha value is -2.58. The molecule has 0 radical (unpaired) electrons. The Morgan fingerprint density at radius 3 is 1.91 bits per heavy atom. The third kappa shape index (κ3) is 4.47. The first-order valence-electron chi connectivity index (χ1n) is 7.91. The van der Waals surface area contributed by atoms with Gasteiger partial charge < -0.3 is 11.1 Å². The van der Waals surface area contributed by atoms with Crippen LogP contribution >= 0.6 is 15.9 Å². The van der Waals surface area contributed by atoms with Gasteiger partial charge in [0, 0.05) is 10.0 Å². The Bertz CT molecular complexity index is 1030. The van der Waals surface area contributed by atoms with Crippen molar-refractivity contribution in [3.05, 3.63) is 57.3 Å². The molecule has 176 valence electrons. The first-order chi connectivity index (χ1) is 14.3. The normalized spacial score (nSPS) is 13.2. The fourth-order valence-corrected chi connectivity index (χ4v) is 3.11. The van der Waals surface area contributed by atoms with Crippen LogP contribution in [0.3, 0.4) is 0 Å². The van der Waals surface area contributed by atoms with E-state index in [1.54, 1.807) is 0 Å². The van der Waals surface area contributed by atoms with Gasteiger partial charge in [-0.2, -0.15) is 39.5 Å². The molecule has 2 aromatic rings. The van der Waals surface area contributed by atoms with Crippen LogP contribution in [0.4, 0.5) is 59.7 Å². The van der Waals surface area contributed by atoms with Crippen molar-refractivity contribution in [3.8, 4) is 0 Å². The van der Waals surface area contributed by atoms with Crippen LogP contribution in [0.5, 0.6) is 0 Å². The number of halogens is 12. The second-order valence-corrected chi connectivity index (χ2v) is 7.05. The van der Waals surface area contributed by atoms with Crippen LogP contribution in [-0.2, 0) is 11.8 Å². The molecule has 32 heavy (non-hydrogen) atoms. The van der Waals surface area contributed by atoms with E-state index in [4.69, 9.17) is 5.73 Å². The predicted octanol–water partition coefficient (Wildman–Crippen LogP) is 6.73. The molecule has 0 unspecified atom stereocenters. The molecule has 15 heteroatoms. The molecule has 1 amide bonds. The van der Waals surface area contributed by atoms with E-state index in [9.17, 15) is 53.1 Å². The molecular weight excluding hydrogens is 537 g/mol. The minimum Gasteiger partial charge on any atom is -0.396 e. The zero-order valence-electron chi connectivity index (χ0n) is 14.9. The van der Waals surface area contributed by atoms with E-state index in [1.807, 2.05) is 0 Å². The van der Waals surface area contributed by atoms with Gasteiger partial charge in [0.05, 0.1) is 22.5 Å². The van der Waals surface area contributed by atoms with Gasteiger partial charge in [0.25, 0.3) is 5.91 Å². The quantitative estimate of drug-likeness (QED) is 0.332. The average Bonchev–Trinajstić information content (AvgIpc) is 2.61. The summed E-state index contributed by atoms with van der Waals surface area (Å²) in [6, 6.07) is 1.91. The van der Waals surface area contributed by atoms with Crippen LogP contribution in [0.25, 0.3) is 0 Å². The van der Waals surface area contributed by atoms with Crippen molar-refractivity contribution in [3.63, 3.8) is 0 Å². The zero-order chi connectivity index (χ0) is 24.9. The average molecular weight is 545 g/mol. The van der Waals surface area contributed by atoms with Gasteiger partial charge in [-0.15, -0.1) is 0 Å². The number of rotatable bonds is 3. The molecule has 0 aliphatic rings. The third-order valence-electron chi connectivity index (χ3n) is 4.09. The lowest BCUT2D eigenvalue weighted by atomic mass is 9.92. The van der Waals surface area contributed by atoms with E-state index in [1.165, 1.54) is 5.32 Å². The molecule has 0 aliphatic carbocycles. The van der Waals surface area contributed by atoms with Crippen LogP contribution in [0, 0.1) is 5.82 Å². The molecular formula is C17H8BrF11N2O. The van der Waals surface area contributed by atoms with Gasteiger partial charge in [0.15, 0.2) is 5.82 Å². The summed E-state index contributed by atoms with van der Waals surface area (Å²) in [5.41, 5.74) is -8.44. The predicted molar refractivity (Wildman–Crippen MR) is 92.8 cm³/mol. The van der Waals surface area contributed by atoms with Crippen molar-refractivity contribution in [2.24, 2.45) is 0 Å². The fourth-order valence-electron chi connectivity index (χ4n) is 2.55. The van der Waals surface area contributed by atoms with Gasteiger partial charge in [0.2, 0.25) is 0 Å². The molecule has 3 nitrogen and oxygen atoms in total. The van der Waals surface area contributed by atoms with Crippen LogP contribution in [0.2, 0.25) is 0 Å². The largest absolute Gasteiger partial charge is 0.435 e. The highest BCUT2D eigenvalue weighted by Gasteiger charge is 2.73. The minimum absolute atomic E-state index is 0.221. The van der Waals surface area contributed by atoms with Crippen molar-refractivity contribution in [2.75, 3.05) is 11.1 Å². The summed E-state index contributed by atoms with van der Waals surface area (Å²) in [7, 11) is 0. The number of alkyl halides is 10. The maximum Gasteiger partial charge on any atom is 0.435 e. The summed E-state index contributed by atoms with van der Waals surface area (Å²) in [6.07, 6.45) is -19.0. The van der Waals surface area contributed by atoms with E-state index in [2.05, 4.69) is 15.9 Å². The Balaban J connectivity index is 2.72. The number of nitrogen functional groups attached to an aromatic ring is 1. The summed E-state index contributed by atoms with van der Waals surface area (Å²) in [5, 5.41) is 1.54. The zero-order valence-corrected chi connectivity index (χ0v) is 16.5. The molecule has 0 aromatic heterocycles. The van der Waals surface area contributed by atoms with Crippen LogP contribution < -0.4 is 11.1 Å². The fraction of sp³-hybridized carbons (Fsp3) is 0.235. The molecule has 2 aromatic carbocycles. The topological polar surface area (TPSA) is 55.1 Å². The van der Waals surface area contributed by atoms with Crippen molar-refractivity contribution in [1.82, 2.24) is 0 Å². The minimum atomic E-state index is -6.68. The third-order valence-corrected chi connectivity index (χ3v) is 4.71. The lowest BCUT2D eigenvalue weighted by molar-refractivity contribution is -0.348. The number of hydrogen-bond donors (Lipinski definition) is 2. The molecule has 0 saturated heterocycles. The number of anilines is 2. The molecule has 3 N–H and O–H groups in total. The number of nitrogens with two attached hydrogens (primary N) is 1. The standard InChI is InChI=1S/C17H8BrF11N2O/c18-9-5-6(14(20,16(24,25)26)17(27,28)29)4-8(15(21,22)23)12(9)31-13(32)7-2-1-3-10(30)11(7)19/h1-5H,30H2,(H,31,32). The summed E-state index contributed by atoms with van der Waals surface area (Å²) in [6.45, 7) is 0. The first-order valence-corrected chi connectivity index (χ1v) is 8.70. The van der Waals surface area contributed by atoms with Gasteiger partial charge in [-0.1, -0.05) is 6.07 Å².